The first kappa shape index (κ1) is 14.5. The monoisotopic (exact) mass is 408 g/mol. The van der Waals surface area contributed by atoms with Crippen molar-refractivity contribution >= 4 is 34.4 Å². The molecule has 0 saturated carbocycles. The maximum absolute atomic E-state index is 12.6. The zero-order chi connectivity index (χ0) is 14.8. The van der Waals surface area contributed by atoms with Gasteiger partial charge in [-0.15, -0.1) is 0 Å². The highest BCUT2D eigenvalue weighted by molar-refractivity contribution is 14.1. The molecule has 0 unspecified atom stereocenters. The molecular formula is C16H13IN2OS. The number of H-pyrrole nitrogens is 1. The molecule has 0 radical (unpaired) electrons. The van der Waals surface area contributed by atoms with Crippen molar-refractivity contribution < 1.29 is 0 Å². The Balaban J connectivity index is 2.04. The normalized spacial score (nSPS) is 10.8. The second-order valence-corrected chi connectivity index (χ2v) is 6.79. The summed E-state index contributed by atoms with van der Waals surface area (Å²) in [5.74, 6) is 0. The van der Waals surface area contributed by atoms with Crippen molar-refractivity contribution in [3.8, 4) is 5.69 Å². The van der Waals surface area contributed by atoms with Crippen LogP contribution in [0.5, 0.6) is 0 Å². The van der Waals surface area contributed by atoms with Crippen molar-refractivity contribution in [1.82, 2.24) is 9.78 Å². The van der Waals surface area contributed by atoms with Gasteiger partial charge in [0.1, 0.15) is 4.90 Å². The van der Waals surface area contributed by atoms with Gasteiger partial charge >= 0.3 is 0 Å². The molecule has 3 nitrogen and oxygen atoms in total. The Morgan fingerprint density at radius 3 is 2.43 bits per heavy atom. The predicted molar refractivity (Wildman–Crippen MR) is 94.4 cm³/mol. The van der Waals surface area contributed by atoms with Crippen LogP contribution in [0.25, 0.3) is 5.69 Å². The van der Waals surface area contributed by atoms with Crippen LogP contribution in [-0.4, -0.2) is 9.78 Å². The van der Waals surface area contributed by atoms with Crippen molar-refractivity contribution in [3.63, 3.8) is 0 Å². The Kier molecular flexibility index (Phi) is 4.21. The highest BCUT2D eigenvalue weighted by Crippen LogP contribution is 2.30. The number of nitrogens with one attached hydrogen (secondary N) is 1. The summed E-state index contributed by atoms with van der Waals surface area (Å²) in [4.78, 5) is 14.4. The summed E-state index contributed by atoms with van der Waals surface area (Å²) in [7, 11) is 0. The number of hydrogen-bond acceptors (Lipinski definition) is 2. The number of aromatic amines is 1. The molecule has 0 amide bonds. The zero-order valence-electron chi connectivity index (χ0n) is 11.3. The van der Waals surface area contributed by atoms with E-state index in [1.165, 1.54) is 11.8 Å². The van der Waals surface area contributed by atoms with E-state index in [-0.39, 0.29) is 5.56 Å². The van der Waals surface area contributed by atoms with E-state index >= 15 is 0 Å². The average molecular weight is 408 g/mol. The molecule has 0 saturated heterocycles. The number of para-hydroxylation sites is 1. The molecule has 3 rings (SSSR count). The molecule has 106 valence electrons. The first-order valence-electron chi connectivity index (χ1n) is 6.46. The fraction of sp³-hybridized carbons (Fsp3) is 0.0625. The molecule has 1 N–H and O–H groups in total. The summed E-state index contributed by atoms with van der Waals surface area (Å²) in [5.41, 5.74) is 1.72. The predicted octanol–water partition coefficient (Wildman–Crippen LogP) is 4.23. The van der Waals surface area contributed by atoms with Crippen LogP contribution in [0.1, 0.15) is 5.69 Å². The number of halogens is 1. The van der Waals surface area contributed by atoms with Crippen molar-refractivity contribution in [3.05, 3.63) is 74.2 Å². The minimum atomic E-state index is -0.0108. The number of rotatable bonds is 3. The van der Waals surface area contributed by atoms with E-state index in [1.807, 2.05) is 61.5 Å². The van der Waals surface area contributed by atoms with E-state index in [1.54, 1.807) is 4.68 Å². The van der Waals surface area contributed by atoms with Gasteiger partial charge in [-0.05, 0) is 53.8 Å². The van der Waals surface area contributed by atoms with Crippen LogP contribution in [0.15, 0.2) is 69.2 Å². The lowest BCUT2D eigenvalue weighted by molar-refractivity contribution is 0.834. The zero-order valence-corrected chi connectivity index (χ0v) is 14.3. The molecule has 0 aliphatic heterocycles. The van der Waals surface area contributed by atoms with Gasteiger partial charge < -0.3 is 0 Å². The fourth-order valence-corrected chi connectivity index (χ4v) is 3.67. The van der Waals surface area contributed by atoms with Gasteiger partial charge in [-0.1, -0.05) is 42.1 Å². The standard InChI is InChI=1S/C16H13IN2OS/c1-11-15(21-14-10-6-5-9-13(14)17)16(20)19(18-11)12-7-3-2-4-8-12/h2-10,18H,1H3. The van der Waals surface area contributed by atoms with Crippen molar-refractivity contribution in [2.75, 3.05) is 0 Å². The van der Waals surface area contributed by atoms with Gasteiger partial charge in [0, 0.05) is 14.2 Å². The highest BCUT2D eigenvalue weighted by atomic mass is 127. The fourth-order valence-electron chi connectivity index (χ4n) is 2.05. The van der Waals surface area contributed by atoms with Crippen molar-refractivity contribution in [2.24, 2.45) is 0 Å². The maximum Gasteiger partial charge on any atom is 0.285 e. The molecule has 0 bridgehead atoms. The van der Waals surface area contributed by atoms with Crippen LogP contribution in [0.2, 0.25) is 0 Å². The molecular weight excluding hydrogens is 395 g/mol. The molecule has 3 aromatic rings. The Morgan fingerprint density at radius 1 is 1.05 bits per heavy atom. The summed E-state index contributed by atoms with van der Waals surface area (Å²) in [6.07, 6.45) is 0. The van der Waals surface area contributed by atoms with Gasteiger partial charge in [0.25, 0.3) is 5.56 Å². The SMILES string of the molecule is Cc1[nH]n(-c2ccccc2)c(=O)c1Sc1ccccc1I. The molecule has 2 aromatic carbocycles. The van der Waals surface area contributed by atoms with Gasteiger partial charge in [-0.3, -0.25) is 9.89 Å². The van der Waals surface area contributed by atoms with E-state index < -0.39 is 0 Å². The summed E-state index contributed by atoms with van der Waals surface area (Å²) in [5, 5.41) is 3.15. The number of hydrogen-bond donors (Lipinski definition) is 1. The molecule has 5 heteroatoms. The smallest absolute Gasteiger partial charge is 0.285 e. The van der Waals surface area contributed by atoms with E-state index in [0.29, 0.717) is 0 Å². The maximum atomic E-state index is 12.6. The average Bonchev–Trinajstić information content (AvgIpc) is 2.78. The van der Waals surface area contributed by atoms with Gasteiger partial charge in [0.2, 0.25) is 0 Å². The van der Waals surface area contributed by atoms with Crippen LogP contribution in [0.3, 0.4) is 0 Å². The van der Waals surface area contributed by atoms with Gasteiger partial charge in [0.05, 0.1) is 5.69 Å². The molecule has 1 aromatic heterocycles. The Morgan fingerprint density at radius 2 is 1.71 bits per heavy atom. The lowest BCUT2D eigenvalue weighted by Gasteiger charge is -2.01. The van der Waals surface area contributed by atoms with Crippen LogP contribution in [-0.2, 0) is 0 Å². The molecule has 0 aliphatic rings. The van der Waals surface area contributed by atoms with Crippen LogP contribution in [0, 0.1) is 10.5 Å². The third-order valence-electron chi connectivity index (χ3n) is 3.08. The largest absolute Gasteiger partial charge is 0.294 e. The van der Waals surface area contributed by atoms with E-state index in [2.05, 4.69) is 27.7 Å². The first-order valence-corrected chi connectivity index (χ1v) is 8.36. The van der Waals surface area contributed by atoms with E-state index in [9.17, 15) is 4.79 Å². The lowest BCUT2D eigenvalue weighted by Crippen LogP contribution is -2.15. The molecule has 0 aliphatic carbocycles. The van der Waals surface area contributed by atoms with Gasteiger partial charge in [0.15, 0.2) is 0 Å². The van der Waals surface area contributed by atoms with E-state index in [4.69, 9.17) is 0 Å². The summed E-state index contributed by atoms with van der Waals surface area (Å²) in [6.45, 7) is 1.93. The van der Waals surface area contributed by atoms with Crippen LogP contribution in [0.4, 0.5) is 0 Å². The quantitative estimate of drug-likeness (QED) is 0.659. The Labute approximate surface area is 140 Å². The number of aromatic nitrogens is 2. The van der Waals surface area contributed by atoms with Crippen LogP contribution >= 0.6 is 34.4 Å². The molecule has 0 atom stereocenters. The molecule has 1 heterocycles. The third kappa shape index (κ3) is 2.94. The van der Waals surface area contributed by atoms with Crippen LogP contribution < -0.4 is 5.56 Å². The Bertz CT molecular complexity index is 824. The number of benzene rings is 2. The molecule has 0 spiro atoms. The molecule has 0 fully saturated rings. The first-order chi connectivity index (χ1) is 10.2. The lowest BCUT2D eigenvalue weighted by atomic mass is 10.3. The van der Waals surface area contributed by atoms with Gasteiger partial charge in [-0.25, -0.2) is 4.68 Å². The third-order valence-corrected chi connectivity index (χ3v) is 5.65. The molecule has 21 heavy (non-hydrogen) atoms. The second kappa shape index (κ2) is 6.11. The van der Waals surface area contributed by atoms with Gasteiger partial charge in [-0.2, -0.15) is 0 Å². The summed E-state index contributed by atoms with van der Waals surface area (Å²) in [6, 6.07) is 17.7. The minimum Gasteiger partial charge on any atom is -0.294 e. The Hall–Kier alpha value is -1.47. The van der Waals surface area contributed by atoms with E-state index in [0.717, 1.165) is 24.7 Å². The highest BCUT2D eigenvalue weighted by Gasteiger charge is 2.14. The topological polar surface area (TPSA) is 37.8 Å². The van der Waals surface area contributed by atoms with Crippen molar-refractivity contribution in [2.45, 2.75) is 16.7 Å². The second-order valence-electron chi connectivity index (χ2n) is 4.57. The van der Waals surface area contributed by atoms with Crippen molar-refractivity contribution in [1.29, 1.82) is 0 Å². The number of aryl methyl sites for hydroxylation is 1. The minimum absolute atomic E-state index is 0.0108. The number of nitrogens with zero attached hydrogens (tertiary/aromatic N) is 1. The summed E-state index contributed by atoms with van der Waals surface area (Å²) >= 11 is 3.80. The summed E-state index contributed by atoms with van der Waals surface area (Å²) < 4.78 is 2.74.